The Bertz CT molecular complexity index is 559. The first-order chi connectivity index (χ1) is 10.9. The predicted octanol–water partition coefficient (Wildman–Crippen LogP) is 3.40. The van der Waals surface area contributed by atoms with Gasteiger partial charge >= 0.3 is 0 Å². The fraction of sp³-hybridized carbons (Fsp3) is 0.895. The average Bonchev–Trinajstić information content (AvgIpc) is 2.79. The zero-order chi connectivity index (χ0) is 16.4. The molecule has 0 saturated heterocycles. The van der Waals surface area contributed by atoms with Gasteiger partial charge in [0.1, 0.15) is 5.71 Å². The van der Waals surface area contributed by atoms with Crippen LogP contribution in [0.15, 0.2) is 5.16 Å². The Morgan fingerprint density at radius 2 is 1.87 bits per heavy atom. The Balaban J connectivity index is 1.66. The number of aliphatic hydroxyl groups is 1. The van der Waals surface area contributed by atoms with Crippen molar-refractivity contribution in [3.05, 3.63) is 0 Å². The molecule has 4 aliphatic carbocycles. The molecule has 0 aromatic heterocycles. The average molecular weight is 319 g/mol. The van der Waals surface area contributed by atoms with Crippen LogP contribution < -0.4 is 0 Å². The quantitative estimate of drug-likeness (QED) is 0.531. The van der Waals surface area contributed by atoms with Gasteiger partial charge in [0, 0.05) is 11.8 Å². The van der Waals surface area contributed by atoms with E-state index in [1.54, 1.807) is 0 Å². The Morgan fingerprint density at radius 3 is 2.61 bits per heavy atom. The molecule has 23 heavy (non-hydrogen) atoms. The van der Waals surface area contributed by atoms with Crippen LogP contribution in [-0.2, 0) is 4.79 Å². The Kier molecular flexibility index (Phi) is 3.43. The van der Waals surface area contributed by atoms with Gasteiger partial charge in [-0.2, -0.15) is 0 Å². The molecule has 128 valence electrons. The van der Waals surface area contributed by atoms with Gasteiger partial charge in [0.25, 0.3) is 0 Å². The number of nitrogens with zero attached hydrogens (tertiary/aromatic N) is 1. The van der Waals surface area contributed by atoms with Crippen LogP contribution in [0.4, 0.5) is 0 Å². The number of hydrogen-bond donors (Lipinski definition) is 2. The van der Waals surface area contributed by atoms with Crippen molar-refractivity contribution in [2.45, 2.75) is 71.3 Å². The first-order valence-corrected chi connectivity index (χ1v) is 9.34. The summed E-state index contributed by atoms with van der Waals surface area (Å²) in [5.74, 6) is 2.32. The third-order valence-corrected chi connectivity index (χ3v) is 8.34. The van der Waals surface area contributed by atoms with Crippen LogP contribution in [0.5, 0.6) is 0 Å². The molecule has 0 aliphatic heterocycles. The Morgan fingerprint density at radius 1 is 1.09 bits per heavy atom. The highest BCUT2D eigenvalue weighted by Gasteiger charge is 2.61. The lowest BCUT2D eigenvalue weighted by Crippen LogP contribution is -2.54. The summed E-state index contributed by atoms with van der Waals surface area (Å²) in [5, 5.41) is 22.6. The van der Waals surface area contributed by atoms with E-state index in [2.05, 4.69) is 19.0 Å². The maximum Gasteiger partial charge on any atom is 0.186 e. The normalized spacial score (nSPS) is 54.5. The molecule has 0 aromatic rings. The summed E-state index contributed by atoms with van der Waals surface area (Å²) < 4.78 is 0. The standard InChI is InChI=1S/C19H29NO3/c1-18-7-5-12(21)9-11(18)3-4-13-14(18)6-8-19(2)15(13)10-16(20-23)17(19)22/h11-15,21,23H,3-10H2,1-2H3/t11-,12-,13-,14+,15+,18-,19+/m0/s1. The summed E-state index contributed by atoms with van der Waals surface area (Å²) in [6, 6.07) is 0. The van der Waals surface area contributed by atoms with Crippen molar-refractivity contribution in [2.24, 2.45) is 39.7 Å². The van der Waals surface area contributed by atoms with E-state index in [-0.39, 0.29) is 17.3 Å². The molecule has 0 radical (unpaired) electrons. The summed E-state index contributed by atoms with van der Waals surface area (Å²) in [6.07, 6.45) is 7.97. The maximum absolute atomic E-state index is 12.6. The van der Waals surface area contributed by atoms with Gasteiger partial charge in [-0.3, -0.25) is 4.79 Å². The number of hydrogen-bond acceptors (Lipinski definition) is 4. The minimum absolute atomic E-state index is 0.0924. The molecule has 4 fully saturated rings. The first-order valence-electron chi connectivity index (χ1n) is 9.34. The summed E-state index contributed by atoms with van der Waals surface area (Å²) >= 11 is 0. The van der Waals surface area contributed by atoms with E-state index in [9.17, 15) is 15.1 Å². The summed E-state index contributed by atoms with van der Waals surface area (Å²) in [4.78, 5) is 12.6. The van der Waals surface area contributed by atoms with E-state index in [1.165, 1.54) is 12.8 Å². The number of carbonyl (C=O) groups is 1. The van der Waals surface area contributed by atoms with Crippen molar-refractivity contribution in [3.63, 3.8) is 0 Å². The molecule has 0 heterocycles. The van der Waals surface area contributed by atoms with Crippen molar-refractivity contribution in [1.29, 1.82) is 0 Å². The fourth-order valence-corrected chi connectivity index (χ4v) is 6.93. The van der Waals surface area contributed by atoms with Gasteiger partial charge in [0.05, 0.1) is 6.10 Å². The molecule has 4 aliphatic rings. The largest absolute Gasteiger partial charge is 0.411 e. The number of rotatable bonds is 0. The number of ketones is 1. The third kappa shape index (κ3) is 2.00. The molecule has 0 spiro atoms. The molecular formula is C19H29NO3. The monoisotopic (exact) mass is 319 g/mol. The van der Waals surface area contributed by atoms with Gasteiger partial charge in [0.15, 0.2) is 5.78 Å². The SMILES string of the molecule is C[C@]12CC[C@H](O)C[C@@H]1CC[C@H]1[C@H]2CC[C@@]2(C)C(=O)C(=NO)C[C@H]12. The molecule has 4 nitrogen and oxygen atoms in total. The molecule has 0 amide bonds. The van der Waals surface area contributed by atoms with Crippen LogP contribution in [0, 0.1) is 34.5 Å². The number of carbonyl (C=O) groups excluding carboxylic acids is 1. The van der Waals surface area contributed by atoms with Gasteiger partial charge < -0.3 is 10.3 Å². The molecule has 7 atom stereocenters. The molecule has 4 rings (SSSR count). The van der Waals surface area contributed by atoms with Gasteiger partial charge in [-0.25, -0.2) is 0 Å². The Hall–Kier alpha value is -0.900. The zero-order valence-electron chi connectivity index (χ0n) is 14.3. The van der Waals surface area contributed by atoms with Crippen LogP contribution in [0.1, 0.15) is 65.2 Å². The lowest BCUT2D eigenvalue weighted by Gasteiger charge is -2.59. The second kappa shape index (κ2) is 5.05. The number of oxime groups is 1. The van der Waals surface area contributed by atoms with E-state index >= 15 is 0 Å². The van der Waals surface area contributed by atoms with Gasteiger partial charge in [0.2, 0.25) is 0 Å². The summed E-state index contributed by atoms with van der Waals surface area (Å²) in [6.45, 7) is 4.55. The van der Waals surface area contributed by atoms with Crippen LogP contribution in [0.25, 0.3) is 0 Å². The highest BCUT2D eigenvalue weighted by molar-refractivity contribution is 6.43. The van der Waals surface area contributed by atoms with Crippen LogP contribution >= 0.6 is 0 Å². The van der Waals surface area contributed by atoms with Gasteiger partial charge in [-0.15, -0.1) is 0 Å². The van der Waals surface area contributed by atoms with Crippen molar-refractivity contribution in [1.82, 2.24) is 0 Å². The molecular weight excluding hydrogens is 290 g/mol. The molecule has 0 bridgehead atoms. The van der Waals surface area contributed by atoms with Crippen LogP contribution in [0.2, 0.25) is 0 Å². The first kappa shape index (κ1) is 15.6. The summed E-state index contributed by atoms with van der Waals surface area (Å²) in [5.41, 5.74) is 0.427. The topological polar surface area (TPSA) is 69.9 Å². The van der Waals surface area contributed by atoms with Crippen molar-refractivity contribution >= 4 is 11.5 Å². The van der Waals surface area contributed by atoms with Crippen LogP contribution in [-0.4, -0.2) is 27.9 Å². The maximum atomic E-state index is 12.6. The van der Waals surface area contributed by atoms with Gasteiger partial charge in [-0.05, 0) is 74.0 Å². The number of aliphatic hydroxyl groups excluding tert-OH is 1. The van der Waals surface area contributed by atoms with Crippen molar-refractivity contribution < 1.29 is 15.1 Å². The number of Topliss-reactive ketones (excluding diaryl/α,β-unsaturated/α-hetero) is 1. The second-order valence-corrected chi connectivity index (χ2v) is 9.12. The molecule has 2 N–H and O–H groups in total. The van der Waals surface area contributed by atoms with E-state index in [1.807, 2.05) is 0 Å². The molecule has 4 heteroatoms. The van der Waals surface area contributed by atoms with Crippen molar-refractivity contribution in [2.75, 3.05) is 0 Å². The highest BCUT2D eigenvalue weighted by Crippen LogP contribution is 2.65. The lowest BCUT2D eigenvalue weighted by molar-refractivity contribution is -0.141. The second-order valence-electron chi connectivity index (χ2n) is 9.12. The molecule has 0 unspecified atom stereocenters. The lowest BCUT2D eigenvalue weighted by atomic mass is 9.45. The third-order valence-electron chi connectivity index (χ3n) is 8.34. The van der Waals surface area contributed by atoms with E-state index in [0.717, 1.165) is 32.1 Å². The molecule has 4 saturated carbocycles. The predicted molar refractivity (Wildman–Crippen MR) is 87.3 cm³/mol. The highest BCUT2D eigenvalue weighted by atomic mass is 16.4. The van der Waals surface area contributed by atoms with Crippen molar-refractivity contribution in [3.8, 4) is 0 Å². The van der Waals surface area contributed by atoms with E-state index < -0.39 is 0 Å². The summed E-state index contributed by atoms with van der Waals surface area (Å²) in [7, 11) is 0. The zero-order valence-corrected chi connectivity index (χ0v) is 14.3. The van der Waals surface area contributed by atoms with Gasteiger partial charge in [-0.1, -0.05) is 19.0 Å². The van der Waals surface area contributed by atoms with E-state index in [4.69, 9.17) is 0 Å². The smallest absolute Gasteiger partial charge is 0.186 e. The minimum atomic E-state index is -0.305. The Labute approximate surface area is 138 Å². The molecule has 0 aromatic carbocycles. The van der Waals surface area contributed by atoms with Crippen LogP contribution in [0.3, 0.4) is 0 Å². The fourth-order valence-electron chi connectivity index (χ4n) is 6.93. The minimum Gasteiger partial charge on any atom is -0.411 e. The van der Waals surface area contributed by atoms with E-state index in [0.29, 0.717) is 41.2 Å². The number of fused-ring (bicyclic) bond motifs is 5.